The zero-order chi connectivity index (χ0) is 31.5. The fourth-order valence-corrected chi connectivity index (χ4v) is 7.80. The summed E-state index contributed by atoms with van der Waals surface area (Å²) >= 11 is 1.89. The minimum absolute atomic E-state index is 0. The number of rotatable bonds is 3. The maximum atomic E-state index is 10.0. The van der Waals surface area contributed by atoms with Gasteiger partial charge in [0.15, 0.2) is 5.78 Å². The number of hydrogen-bond acceptors (Lipinski definition) is 4. The molecule has 0 aliphatic heterocycles. The molecule has 4 nitrogen and oxygen atoms in total. The summed E-state index contributed by atoms with van der Waals surface area (Å²) in [5, 5.41) is 16.2. The molecular weight excluding hydrogens is 777 g/mol. The van der Waals surface area contributed by atoms with Crippen LogP contribution in [0.25, 0.3) is 80.7 Å². The number of ketones is 1. The molecule has 4 heterocycles. The minimum atomic E-state index is -0.125. The molecule has 9 aromatic rings. The van der Waals surface area contributed by atoms with Crippen LogP contribution in [0.5, 0.6) is 0 Å². The van der Waals surface area contributed by atoms with Crippen LogP contribution in [0.1, 0.15) is 19.4 Å². The molecule has 6 heteroatoms. The SMILES string of the molecule is CC(=O)/C=C(/C)O.Cc1ccc(-c2[c-]cc3c(c2)c2c4c(cc5c6cc(-c7ccccc7)ccc6n3c52)sc2ccccc24)nc1.[Ir]. The molecule has 9 rings (SSSR count). The van der Waals surface area contributed by atoms with E-state index in [1.54, 1.807) is 0 Å². The number of aromatic nitrogens is 2. The molecule has 0 bridgehead atoms. The number of hydrogen-bond donors (Lipinski definition) is 1. The molecule has 47 heavy (non-hydrogen) atoms. The summed E-state index contributed by atoms with van der Waals surface area (Å²) < 4.78 is 5.12. The van der Waals surface area contributed by atoms with E-state index in [4.69, 9.17) is 10.1 Å². The monoisotopic (exact) mass is 806 g/mol. The fraction of sp³-hybridized carbons (Fsp3) is 0.0732. The van der Waals surface area contributed by atoms with Gasteiger partial charge < -0.3 is 14.5 Å². The molecule has 4 aromatic heterocycles. The molecule has 0 aliphatic carbocycles. The molecule has 0 amide bonds. The Labute approximate surface area is 289 Å². The van der Waals surface area contributed by atoms with E-state index in [9.17, 15) is 4.79 Å². The summed E-state index contributed by atoms with van der Waals surface area (Å²) in [4.78, 5) is 14.7. The number of aliphatic hydroxyl groups is 1. The first-order valence-electron chi connectivity index (χ1n) is 15.2. The third kappa shape index (κ3) is 5.19. The van der Waals surface area contributed by atoms with E-state index in [0.717, 1.165) is 16.8 Å². The molecule has 0 unspecified atom stereocenters. The van der Waals surface area contributed by atoms with E-state index in [1.165, 1.54) is 89.3 Å². The predicted octanol–water partition coefficient (Wildman–Crippen LogP) is 11.1. The van der Waals surface area contributed by atoms with Crippen LogP contribution < -0.4 is 0 Å². The van der Waals surface area contributed by atoms with Crippen molar-refractivity contribution in [2.24, 2.45) is 0 Å². The quantitative estimate of drug-likeness (QED) is 0.110. The topological polar surface area (TPSA) is 54.6 Å². The molecule has 5 aromatic carbocycles. The van der Waals surface area contributed by atoms with Gasteiger partial charge in [0.25, 0.3) is 0 Å². The summed E-state index contributed by atoms with van der Waals surface area (Å²) in [6.07, 6.45) is 3.10. The Bertz CT molecular complexity index is 2630. The number of carbonyl (C=O) groups excluding carboxylic acids is 1. The number of benzene rings is 5. The summed E-state index contributed by atoms with van der Waals surface area (Å²) in [5.74, 6) is -0.0625. The van der Waals surface area contributed by atoms with E-state index < -0.39 is 0 Å². The fourth-order valence-electron chi connectivity index (χ4n) is 6.64. The Morgan fingerprint density at radius 2 is 1.57 bits per heavy atom. The average Bonchev–Trinajstić information content (AvgIpc) is 3.70. The number of pyridine rings is 1. The zero-order valence-corrected chi connectivity index (χ0v) is 29.2. The van der Waals surface area contributed by atoms with E-state index in [-0.39, 0.29) is 31.6 Å². The van der Waals surface area contributed by atoms with Gasteiger partial charge in [0.2, 0.25) is 0 Å². The van der Waals surface area contributed by atoms with Crippen molar-refractivity contribution in [3.8, 4) is 22.4 Å². The minimum Gasteiger partial charge on any atom is -0.512 e. The molecule has 0 fully saturated rings. The van der Waals surface area contributed by atoms with Crippen molar-refractivity contribution in [1.29, 1.82) is 0 Å². The largest absolute Gasteiger partial charge is 0.512 e. The van der Waals surface area contributed by atoms with Crippen molar-refractivity contribution < 1.29 is 30.0 Å². The number of carbonyl (C=O) groups is 1. The van der Waals surface area contributed by atoms with Crippen molar-refractivity contribution in [2.75, 3.05) is 0 Å². The van der Waals surface area contributed by atoms with Crippen molar-refractivity contribution in [3.05, 3.63) is 133 Å². The van der Waals surface area contributed by atoms with E-state index in [2.05, 4.69) is 121 Å². The predicted molar refractivity (Wildman–Crippen MR) is 193 cm³/mol. The van der Waals surface area contributed by atoms with Gasteiger partial charge in [0.1, 0.15) is 0 Å². The van der Waals surface area contributed by atoms with Gasteiger partial charge in [-0.25, -0.2) is 0 Å². The molecule has 0 atom stereocenters. The molecule has 0 aliphatic rings. The second-order valence-electron chi connectivity index (χ2n) is 11.8. The van der Waals surface area contributed by atoms with Gasteiger partial charge in [0, 0.05) is 68.8 Å². The van der Waals surface area contributed by atoms with Crippen molar-refractivity contribution >= 4 is 75.4 Å². The van der Waals surface area contributed by atoms with Crippen molar-refractivity contribution in [2.45, 2.75) is 20.8 Å². The van der Waals surface area contributed by atoms with Crippen molar-refractivity contribution in [1.82, 2.24) is 9.38 Å². The second kappa shape index (κ2) is 12.1. The Hall–Kier alpha value is -4.87. The summed E-state index contributed by atoms with van der Waals surface area (Å²) in [6.45, 7) is 4.92. The van der Waals surface area contributed by atoms with E-state index in [0.29, 0.717) is 0 Å². The number of fused-ring (bicyclic) bond motifs is 10. The Morgan fingerprint density at radius 1 is 0.787 bits per heavy atom. The van der Waals surface area contributed by atoms with Crippen LogP contribution in [-0.2, 0) is 24.9 Å². The normalized spacial score (nSPS) is 11.9. The summed E-state index contributed by atoms with van der Waals surface area (Å²) in [6, 6.07) is 41.1. The number of allylic oxidation sites excluding steroid dienone is 2. The number of nitrogens with zero attached hydrogens (tertiary/aromatic N) is 2. The molecule has 0 saturated heterocycles. The summed E-state index contributed by atoms with van der Waals surface area (Å²) in [5.41, 5.74) is 9.35. The molecule has 1 radical (unpaired) electrons. The maximum absolute atomic E-state index is 10.0. The third-order valence-electron chi connectivity index (χ3n) is 8.54. The smallest absolute Gasteiger partial charge is 0.155 e. The standard InChI is InChI=1S/C36H21N2S.C5H8O2.Ir/c1-21-11-14-29(37-20-21)24-13-16-31-28(18-24)35-34-25-9-5-6-10-32(25)39-33(34)19-27-26-17-23(22-7-3-2-4-8-22)12-15-30(26)38(31)36(27)35;1-4(6)3-5(2)7;/h2-12,14-20H,1H3;3,6H,1-2H3;/q-1;;/b;4-3-;. The molecule has 231 valence electrons. The molecule has 0 saturated carbocycles. The van der Waals surface area contributed by atoms with Gasteiger partial charge in [-0.2, -0.15) is 0 Å². The Balaban J connectivity index is 0.000000399. The van der Waals surface area contributed by atoms with Crippen LogP contribution in [0.2, 0.25) is 0 Å². The van der Waals surface area contributed by atoms with Gasteiger partial charge in [0.05, 0.1) is 11.3 Å². The average molecular weight is 806 g/mol. The number of aryl methyl sites for hydroxylation is 1. The van der Waals surface area contributed by atoms with Crippen LogP contribution in [0, 0.1) is 13.0 Å². The maximum Gasteiger partial charge on any atom is 0.155 e. The number of aliphatic hydroxyl groups excluding tert-OH is 1. The molecular formula is C41H29IrN2O2S-. The first-order valence-corrected chi connectivity index (χ1v) is 16.0. The van der Waals surface area contributed by atoms with Gasteiger partial charge >= 0.3 is 0 Å². The first-order chi connectivity index (χ1) is 22.4. The van der Waals surface area contributed by atoms with Crippen LogP contribution in [0.3, 0.4) is 0 Å². The first kappa shape index (κ1) is 30.8. The molecule has 0 spiro atoms. The van der Waals surface area contributed by atoms with E-state index >= 15 is 0 Å². The zero-order valence-electron chi connectivity index (χ0n) is 26.0. The second-order valence-corrected chi connectivity index (χ2v) is 12.9. The molecule has 1 N–H and O–H groups in total. The van der Waals surface area contributed by atoms with Gasteiger partial charge in [-0.3, -0.25) is 4.79 Å². The van der Waals surface area contributed by atoms with Crippen molar-refractivity contribution in [3.63, 3.8) is 0 Å². The van der Waals surface area contributed by atoms with Crippen LogP contribution in [0.4, 0.5) is 0 Å². The van der Waals surface area contributed by atoms with Gasteiger partial charge in [-0.15, -0.1) is 35.1 Å². The van der Waals surface area contributed by atoms with E-state index in [1.807, 2.05) is 17.5 Å². The van der Waals surface area contributed by atoms with Crippen LogP contribution >= 0.6 is 11.3 Å². The number of thiophene rings is 1. The van der Waals surface area contributed by atoms with Crippen LogP contribution in [0.15, 0.2) is 121 Å². The van der Waals surface area contributed by atoms with Crippen LogP contribution in [-0.4, -0.2) is 20.3 Å². The Kier molecular flexibility index (Phi) is 7.89. The Morgan fingerprint density at radius 3 is 2.30 bits per heavy atom. The third-order valence-corrected chi connectivity index (χ3v) is 9.65. The summed E-state index contributed by atoms with van der Waals surface area (Å²) in [7, 11) is 0. The van der Waals surface area contributed by atoms with Gasteiger partial charge in [-0.1, -0.05) is 72.1 Å². The van der Waals surface area contributed by atoms with Gasteiger partial charge in [-0.05, 0) is 78.3 Å².